The minimum atomic E-state index is -0.702. The molecule has 1 N–H and O–H groups in total. The number of benzene rings is 2. The van der Waals surface area contributed by atoms with Crippen LogP contribution in [-0.4, -0.2) is 60.9 Å². The third kappa shape index (κ3) is 9.12. The van der Waals surface area contributed by atoms with Crippen molar-refractivity contribution in [1.82, 2.24) is 10.2 Å². The second kappa shape index (κ2) is 16.5. The highest BCUT2D eigenvalue weighted by molar-refractivity contribution is 7.98. The first kappa shape index (κ1) is 31.7. The van der Waals surface area contributed by atoms with E-state index in [0.717, 1.165) is 47.4 Å². The van der Waals surface area contributed by atoms with E-state index >= 15 is 0 Å². The van der Waals surface area contributed by atoms with Gasteiger partial charge in [-0.15, -0.1) is 0 Å². The van der Waals surface area contributed by atoms with E-state index in [1.165, 1.54) is 39.2 Å². The van der Waals surface area contributed by atoms with E-state index in [4.69, 9.17) is 4.74 Å². The highest BCUT2D eigenvalue weighted by Gasteiger charge is 2.24. The largest absolute Gasteiger partial charge is 0.467 e. The predicted octanol–water partition coefficient (Wildman–Crippen LogP) is 6.44. The van der Waals surface area contributed by atoms with Gasteiger partial charge in [0, 0.05) is 25.1 Å². The van der Waals surface area contributed by atoms with Gasteiger partial charge >= 0.3 is 5.97 Å². The number of amides is 2. The summed E-state index contributed by atoms with van der Waals surface area (Å²) in [6, 6.07) is 13.2. The van der Waals surface area contributed by atoms with Crippen LogP contribution in [0.1, 0.15) is 79.8 Å². The van der Waals surface area contributed by atoms with Crippen molar-refractivity contribution in [2.24, 2.45) is 5.92 Å². The highest BCUT2D eigenvalue weighted by Crippen LogP contribution is 2.29. The first-order valence-corrected chi connectivity index (χ1v) is 16.1. The molecular formula is C33H46N2O4S. The lowest BCUT2D eigenvalue weighted by atomic mass is 9.88. The number of methoxy groups -OCH3 is 1. The number of hydrogen-bond acceptors (Lipinski definition) is 5. The summed E-state index contributed by atoms with van der Waals surface area (Å²) in [5.74, 6) is 0.835. The molecule has 1 saturated carbocycles. The van der Waals surface area contributed by atoms with Gasteiger partial charge in [0.05, 0.1) is 7.11 Å². The molecule has 2 aromatic carbocycles. The van der Waals surface area contributed by atoms with Crippen LogP contribution in [0.25, 0.3) is 11.1 Å². The second-order valence-electron chi connectivity index (χ2n) is 10.9. The lowest BCUT2D eigenvalue weighted by Gasteiger charge is -2.30. The second-order valence-corrected chi connectivity index (χ2v) is 11.9. The Bertz CT molecular complexity index is 1130. The molecule has 0 heterocycles. The van der Waals surface area contributed by atoms with Crippen molar-refractivity contribution in [2.45, 2.75) is 77.7 Å². The van der Waals surface area contributed by atoms with Crippen LogP contribution >= 0.6 is 11.8 Å². The summed E-state index contributed by atoms with van der Waals surface area (Å²) in [6.45, 7) is 5.61. The van der Waals surface area contributed by atoms with E-state index in [0.29, 0.717) is 30.9 Å². The Morgan fingerprint density at radius 2 is 1.82 bits per heavy atom. The van der Waals surface area contributed by atoms with Gasteiger partial charge in [0.1, 0.15) is 6.04 Å². The zero-order valence-electron chi connectivity index (χ0n) is 24.7. The van der Waals surface area contributed by atoms with Crippen molar-refractivity contribution in [3.63, 3.8) is 0 Å². The number of carbonyl (C=O) groups excluding carboxylic acids is 3. The molecule has 0 radical (unpaired) electrons. The Morgan fingerprint density at radius 1 is 1.07 bits per heavy atom. The van der Waals surface area contributed by atoms with Crippen LogP contribution in [0.4, 0.5) is 0 Å². The molecule has 0 spiro atoms. The SMILES string of the molecule is CCCC(=O)N(CCc1ccc(C(=O)N[C@@H](CCSC)C(=O)OC)c(-c2ccccc2C)c1)CC1CCCCC1. The zero-order chi connectivity index (χ0) is 28.9. The number of thioether (sulfide) groups is 1. The molecule has 7 heteroatoms. The van der Waals surface area contributed by atoms with E-state index in [1.807, 2.05) is 49.6 Å². The molecule has 218 valence electrons. The van der Waals surface area contributed by atoms with E-state index in [9.17, 15) is 14.4 Å². The minimum absolute atomic E-state index is 0.238. The summed E-state index contributed by atoms with van der Waals surface area (Å²) >= 11 is 1.62. The van der Waals surface area contributed by atoms with Gasteiger partial charge < -0.3 is 15.0 Å². The van der Waals surface area contributed by atoms with Crippen molar-refractivity contribution in [3.8, 4) is 11.1 Å². The summed E-state index contributed by atoms with van der Waals surface area (Å²) in [5, 5.41) is 2.91. The fourth-order valence-electron chi connectivity index (χ4n) is 5.54. The van der Waals surface area contributed by atoms with E-state index in [2.05, 4.69) is 23.2 Å². The van der Waals surface area contributed by atoms with E-state index in [-0.39, 0.29) is 11.8 Å². The third-order valence-corrected chi connectivity index (χ3v) is 8.50. The number of nitrogens with one attached hydrogen (secondary N) is 1. The highest BCUT2D eigenvalue weighted by atomic mass is 32.2. The Kier molecular flexibility index (Phi) is 13.1. The predicted molar refractivity (Wildman–Crippen MR) is 165 cm³/mol. The molecule has 0 aliphatic heterocycles. The normalized spacial score (nSPS) is 14.4. The Hall–Kier alpha value is -2.80. The van der Waals surface area contributed by atoms with Gasteiger partial charge in [0.25, 0.3) is 5.91 Å². The summed E-state index contributed by atoms with van der Waals surface area (Å²) in [7, 11) is 1.34. The third-order valence-electron chi connectivity index (χ3n) is 7.86. The quantitative estimate of drug-likeness (QED) is 0.267. The molecule has 6 nitrogen and oxygen atoms in total. The van der Waals surface area contributed by atoms with Crippen LogP contribution in [0.15, 0.2) is 42.5 Å². The first-order chi connectivity index (χ1) is 19.4. The van der Waals surface area contributed by atoms with Gasteiger partial charge in [0.15, 0.2) is 0 Å². The minimum Gasteiger partial charge on any atom is -0.467 e. The van der Waals surface area contributed by atoms with Crippen molar-refractivity contribution in [3.05, 3.63) is 59.2 Å². The smallest absolute Gasteiger partial charge is 0.328 e. The molecule has 40 heavy (non-hydrogen) atoms. The average molecular weight is 567 g/mol. The van der Waals surface area contributed by atoms with Crippen molar-refractivity contribution < 1.29 is 19.1 Å². The van der Waals surface area contributed by atoms with Gasteiger partial charge in [-0.1, -0.05) is 62.6 Å². The lowest BCUT2D eigenvalue weighted by Crippen LogP contribution is -2.42. The Balaban J connectivity index is 1.86. The molecule has 1 aliphatic carbocycles. The molecule has 0 aromatic heterocycles. The fourth-order valence-corrected chi connectivity index (χ4v) is 6.01. The number of nitrogens with zero attached hydrogens (tertiary/aromatic N) is 1. The molecule has 1 aliphatic rings. The lowest BCUT2D eigenvalue weighted by molar-refractivity contribution is -0.143. The molecule has 2 aromatic rings. The number of rotatable bonds is 14. The Labute approximate surface area is 244 Å². The van der Waals surface area contributed by atoms with Gasteiger partial charge in [0.2, 0.25) is 5.91 Å². The molecule has 0 unspecified atom stereocenters. The number of ether oxygens (including phenoxy) is 1. The maximum absolute atomic E-state index is 13.5. The zero-order valence-corrected chi connectivity index (χ0v) is 25.5. The number of esters is 1. The van der Waals surface area contributed by atoms with Crippen molar-refractivity contribution >= 4 is 29.5 Å². The fraction of sp³-hybridized carbons (Fsp3) is 0.545. The van der Waals surface area contributed by atoms with Crippen LogP contribution < -0.4 is 5.32 Å². The van der Waals surface area contributed by atoms with Gasteiger partial charge in [-0.3, -0.25) is 9.59 Å². The summed E-state index contributed by atoms with van der Waals surface area (Å²) in [4.78, 5) is 41.0. The van der Waals surface area contributed by atoms with Crippen molar-refractivity contribution in [2.75, 3.05) is 32.2 Å². The van der Waals surface area contributed by atoms with Gasteiger partial charge in [-0.25, -0.2) is 4.79 Å². The molecule has 0 bridgehead atoms. The molecule has 0 saturated heterocycles. The molecule has 1 atom stereocenters. The summed E-state index contributed by atoms with van der Waals surface area (Å²) < 4.78 is 4.95. The van der Waals surface area contributed by atoms with Crippen LogP contribution in [0, 0.1) is 12.8 Å². The monoisotopic (exact) mass is 566 g/mol. The molecule has 1 fully saturated rings. The van der Waals surface area contributed by atoms with Crippen LogP contribution in [0.3, 0.4) is 0 Å². The van der Waals surface area contributed by atoms with E-state index < -0.39 is 12.0 Å². The van der Waals surface area contributed by atoms with Crippen LogP contribution in [0.5, 0.6) is 0 Å². The van der Waals surface area contributed by atoms with Gasteiger partial charge in [-0.2, -0.15) is 11.8 Å². The maximum atomic E-state index is 13.5. The number of aryl methyl sites for hydroxylation is 1. The number of carbonyl (C=O) groups is 3. The average Bonchev–Trinajstić information content (AvgIpc) is 2.97. The van der Waals surface area contributed by atoms with E-state index in [1.54, 1.807) is 11.8 Å². The maximum Gasteiger partial charge on any atom is 0.328 e. The first-order valence-electron chi connectivity index (χ1n) is 14.7. The molecular weight excluding hydrogens is 520 g/mol. The van der Waals surface area contributed by atoms with Gasteiger partial charge in [-0.05, 0) is 85.3 Å². The standard InChI is InChI=1S/C33H46N2O4S/c1-5-11-31(36)35(23-26-13-7-6-8-14-26)20-18-25-16-17-28(29(22-25)27-15-10-9-12-24(27)2)32(37)34-30(19-21-40-4)33(38)39-3/h9-10,12,15-17,22,26,30H,5-8,11,13-14,18-21,23H2,1-4H3,(H,34,37)/t30-/m0/s1. The van der Waals surface area contributed by atoms with Crippen LogP contribution in [0.2, 0.25) is 0 Å². The van der Waals surface area contributed by atoms with Crippen molar-refractivity contribution in [1.29, 1.82) is 0 Å². The van der Waals surface area contributed by atoms with Crippen LogP contribution in [-0.2, 0) is 20.7 Å². The number of hydrogen-bond donors (Lipinski definition) is 1. The summed E-state index contributed by atoms with van der Waals surface area (Å²) in [6.07, 6.45) is 10.9. The molecule has 3 rings (SSSR count). The summed E-state index contributed by atoms with van der Waals surface area (Å²) in [5.41, 5.74) is 4.49. The topological polar surface area (TPSA) is 75.7 Å². The molecule has 2 amide bonds. The Morgan fingerprint density at radius 3 is 2.50 bits per heavy atom.